The first-order valence-electron chi connectivity index (χ1n) is 5.57. The third-order valence-electron chi connectivity index (χ3n) is 1.99. The van der Waals surface area contributed by atoms with E-state index in [1.54, 1.807) is 0 Å². The fourth-order valence-electron chi connectivity index (χ4n) is 1.14. The van der Waals surface area contributed by atoms with Crippen molar-refractivity contribution in [2.45, 2.75) is 46.0 Å². The number of esters is 1. The number of amides is 1. The smallest absolute Gasteiger partial charge is 0.325 e. The highest BCUT2D eigenvalue weighted by Crippen LogP contribution is 2.02. The molecule has 1 N–H and O–H groups in total. The van der Waals surface area contributed by atoms with Crippen LogP contribution < -0.4 is 5.32 Å². The summed E-state index contributed by atoms with van der Waals surface area (Å²) in [4.78, 5) is 21.5. The maximum atomic E-state index is 11.0. The van der Waals surface area contributed by atoms with Crippen LogP contribution in [0, 0.1) is 0 Å². The molecule has 0 atom stereocenters. The minimum Gasteiger partial charge on any atom is -0.464 e. The first-order chi connectivity index (χ1) is 7.16. The van der Waals surface area contributed by atoms with Crippen molar-refractivity contribution in [2.75, 3.05) is 13.2 Å². The van der Waals surface area contributed by atoms with Gasteiger partial charge in [0.2, 0.25) is 5.91 Å². The molecule has 0 unspecified atom stereocenters. The van der Waals surface area contributed by atoms with Crippen molar-refractivity contribution < 1.29 is 14.3 Å². The second-order valence-corrected chi connectivity index (χ2v) is 3.54. The average molecular weight is 215 g/mol. The van der Waals surface area contributed by atoms with Crippen molar-refractivity contribution in [1.29, 1.82) is 0 Å². The van der Waals surface area contributed by atoms with Crippen LogP contribution in [0.25, 0.3) is 0 Å². The van der Waals surface area contributed by atoms with E-state index >= 15 is 0 Å². The van der Waals surface area contributed by atoms with Crippen LogP contribution in [0.15, 0.2) is 0 Å². The Morgan fingerprint density at radius 1 is 1.13 bits per heavy atom. The summed E-state index contributed by atoms with van der Waals surface area (Å²) in [5.41, 5.74) is 0. The molecule has 4 nitrogen and oxygen atoms in total. The van der Waals surface area contributed by atoms with E-state index in [2.05, 4.69) is 12.2 Å². The lowest BCUT2D eigenvalue weighted by molar-refractivity contribution is -0.143. The predicted octanol–water partition coefficient (Wildman–Crippen LogP) is 1.64. The molecule has 0 saturated carbocycles. The quantitative estimate of drug-likeness (QED) is 0.494. The van der Waals surface area contributed by atoms with Gasteiger partial charge in [-0.15, -0.1) is 0 Å². The summed E-state index contributed by atoms with van der Waals surface area (Å²) in [5, 5.41) is 2.39. The second kappa shape index (κ2) is 9.49. The highest BCUT2D eigenvalue weighted by Gasteiger charge is 2.02. The number of hydrogen-bond acceptors (Lipinski definition) is 3. The Labute approximate surface area is 91.4 Å². The molecule has 88 valence electrons. The minimum absolute atomic E-state index is 0.0235. The lowest BCUT2D eigenvalue weighted by Crippen LogP contribution is -2.28. The van der Waals surface area contributed by atoms with Gasteiger partial charge in [-0.1, -0.05) is 32.6 Å². The Morgan fingerprint density at radius 3 is 2.40 bits per heavy atom. The maximum Gasteiger partial charge on any atom is 0.325 e. The fraction of sp³-hybridized carbons (Fsp3) is 0.818. The topological polar surface area (TPSA) is 55.4 Å². The number of rotatable bonds is 8. The molecular weight excluding hydrogens is 194 g/mol. The van der Waals surface area contributed by atoms with Gasteiger partial charge in [-0.05, 0) is 6.42 Å². The fourth-order valence-corrected chi connectivity index (χ4v) is 1.14. The van der Waals surface area contributed by atoms with Crippen molar-refractivity contribution >= 4 is 11.9 Å². The van der Waals surface area contributed by atoms with Crippen LogP contribution >= 0.6 is 0 Å². The van der Waals surface area contributed by atoms with E-state index in [4.69, 9.17) is 4.74 Å². The van der Waals surface area contributed by atoms with Gasteiger partial charge in [0.15, 0.2) is 0 Å². The van der Waals surface area contributed by atoms with E-state index in [0.717, 1.165) is 12.8 Å². The van der Waals surface area contributed by atoms with Crippen LogP contribution in [0.4, 0.5) is 0 Å². The molecule has 0 aliphatic carbocycles. The van der Waals surface area contributed by atoms with Gasteiger partial charge in [0.1, 0.15) is 6.54 Å². The zero-order valence-corrected chi connectivity index (χ0v) is 9.67. The van der Waals surface area contributed by atoms with Gasteiger partial charge in [0.05, 0.1) is 6.61 Å². The molecule has 0 rings (SSSR count). The summed E-state index contributed by atoms with van der Waals surface area (Å²) < 4.78 is 4.92. The van der Waals surface area contributed by atoms with E-state index in [0.29, 0.717) is 6.61 Å². The Morgan fingerprint density at radius 2 is 1.80 bits per heavy atom. The van der Waals surface area contributed by atoms with Crippen LogP contribution in [0.1, 0.15) is 46.0 Å². The van der Waals surface area contributed by atoms with E-state index < -0.39 is 0 Å². The zero-order chi connectivity index (χ0) is 11.5. The molecule has 0 radical (unpaired) electrons. The van der Waals surface area contributed by atoms with Crippen LogP contribution in [0.2, 0.25) is 0 Å². The molecule has 0 fully saturated rings. The molecule has 15 heavy (non-hydrogen) atoms. The van der Waals surface area contributed by atoms with Gasteiger partial charge >= 0.3 is 5.97 Å². The number of hydrogen-bond donors (Lipinski definition) is 1. The zero-order valence-electron chi connectivity index (χ0n) is 9.67. The summed E-state index contributed by atoms with van der Waals surface area (Å²) in [6, 6.07) is 0. The van der Waals surface area contributed by atoms with Gasteiger partial charge in [-0.25, -0.2) is 0 Å². The maximum absolute atomic E-state index is 11.0. The highest BCUT2D eigenvalue weighted by molar-refractivity contribution is 5.80. The number of carbonyl (C=O) groups excluding carboxylic acids is 2. The van der Waals surface area contributed by atoms with Gasteiger partial charge in [-0.3, -0.25) is 9.59 Å². The van der Waals surface area contributed by atoms with E-state index in [1.165, 1.54) is 26.2 Å². The second-order valence-electron chi connectivity index (χ2n) is 3.54. The summed E-state index contributed by atoms with van der Waals surface area (Å²) in [6.07, 6.45) is 5.65. The van der Waals surface area contributed by atoms with Gasteiger partial charge in [0.25, 0.3) is 0 Å². The molecule has 4 heteroatoms. The Kier molecular flexibility index (Phi) is 8.82. The van der Waals surface area contributed by atoms with Crippen LogP contribution in [-0.2, 0) is 14.3 Å². The van der Waals surface area contributed by atoms with E-state index in [9.17, 15) is 9.59 Å². The van der Waals surface area contributed by atoms with Crippen molar-refractivity contribution in [1.82, 2.24) is 5.32 Å². The summed E-state index contributed by atoms with van der Waals surface area (Å²) in [5.74, 6) is -0.574. The molecule has 0 aliphatic heterocycles. The Hall–Kier alpha value is -1.06. The van der Waals surface area contributed by atoms with Crippen LogP contribution in [0.5, 0.6) is 0 Å². The molecule has 0 bridgehead atoms. The Bertz CT molecular complexity index is 192. The first kappa shape index (κ1) is 13.9. The van der Waals surface area contributed by atoms with Gasteiger partial charge < -0.3 is 10.1 Å². The van der Waals surface area contributed by atoms with E-state index in [1.807, 2.05) is 0 Å². The van der Waals surface area contributed by atoms with Gasteiger partial charge in [0, 0.05) is 6.92 Å². The molecule has 1 amide bonds. The largest absolute Gasteiger partial charge is 0.464 e. The molecule has 0 aliphatic rings. The molecule has 0 heterocycles. The average Bonchev–Trinajstić information content (AvgIpc) is 2.20. The standard InChI is InChI=1S/C11H21NO3/c1-3-4-5-6-7-8-15-11(14)9-12-10(2)13/h3-9H2,1-2H3,(H,12,13). The molecule has 0 spiro atoms. The molecule has 0 aromatic rings. The van der Waals surface area contributed by atoms with Crippen molar-refractivity contribution in [3.8, 4) is 0 Å². The summed E-state index contributed by atoms with van der Waals surface area (Å²) >= 11 is 0. The molecule has 0 saturated heterocycles. The SMILES string of the molecule is CCCCCCCOC(=O)CNC(C)=O. The van der Waals surface area contributed by atoms with Crippen LogP contribution in [0.3, 0.4) is 0 Å². The van der Waals surface area contributed by atoms with Crippen molar-refractivity contribution in [2.24, 2.45) is 0 Å². The van der Waals surface area contributed by atoms with E-state index in [-0.39, 0.29) is 18.4 Å². The van der Waals surface area contributed by atoms with Crippen molar-refractivity contribution in [3.63, 3.8) is 0 Å². The molecule has 0 aromatic carbocycles. The summed E-state index contributed by atoms with van der Waals surface area (Å²) in [7, 11) is 0. The Balaban J connectivity index is 3.20. The first-order valence-corrected chi connectivity index (χ1v) is 5.57. The number of nitrogens with one attached hydrogen (secondary N) is 1. The number of unbranched alkanes of at least 4 members (excludes halogenated alkanes) is 4. The van der Waals surface area contributed by atoms with Crippen molar-refractivity contribution in [3.05, 3.63) is 0 Å². The van der Waals surface area contributed by atoms with Gasteiger partial charge in [-0.2, -0.15) is 0 Å². The summed E-state index contributed by atoms with van der Waals surface area (Å²) in [6.45, 7) is 3.97. The normalized spacial score (nSPS) is 9.73. The minimum atomic E-state index is -0.360. The molecular formula is C11H21NO3. The lowest BCUT2D eigenvalue weighted by Gasteiger charge is -2.04. The monoisotopic (exact) mass is 215 g/mol. The third kappa shape index (κ3) is 10.9. The van der Waals surface area contributed by atoms with Crippen LogP contribution in [-0.4, -0.2) is 25.0 Å². The lowest BCUT2D eigenvalue weighted by atomic mass is 10.2. The number of ether oxygens (including phenoxy) is 1. The number of carbonyl (C=O) groups is 2. The predicted molar refractivity (Wildman–Crippen MR) is 58.4 cm³/mol. The molecule has 0 aromatic heterocycles. The highest BCUT2D eigenvalue weighted by atomic mass is 16.5. The third-order valence-corrected chi connectivity index (χ3v) is 1.99.